The van der Waals surface area contributed by atoms with Crippen LogP contribution in [0, 0.1) is 5.82 Å². The summed E-state index contributed by atoms with van der Waals surface area (Å²) in [4.78, 5) is 18.2. The summed E-state index contributed by atoms with van der Waals surface area (Å²) in [5.74, 6) is -0.685. The summed E-state index contributed by atoms with van der Waals surface area (Å²) in [5, 5.41) is 8.61. The number of hydrogen-bond donors (Lipinski definition) is 2. The smallest absolute Gasteiger partial charge is 0.252 e. The molecule has 3 N–H and O–H groups in total. The van der Waals surface area contributed by atoms with Gasteiger partial charge in [-0.1, -0.05) is 18.2 Å². The molecule has 9 heteroatoms. The highest BCUT2D eigenvalue weighted by atomic mass is 32.2. The largest absolute Gasteiger partial charge is 0.347 e. The van der Waals surface area contributed by atoms with E-state index in [1.54, 1.807) is 36.4 Å². The lowest BCUT2D eigenvalue weighted by molar-refractivity contribution is 0.0953. The Kier molecular flexibility index (Phi) is 5.33. The molecule has 1 amide bonds. The SMILES string of the molecule is NS(=O)(=O)c1ccc(CNC(=O)c2cc(-c3ccc(F)cc3)nc3ccccc23)s1. The van der Waals surface area contributed by atoms with Crippen LogP contribution >= 0.6 is 11.3 Å². The summed E-state index contributed by atoms with van der Waals surface area (Å²) < 4.78 is 36.1. The maximum Gasteiger partial charge on any atom is 0.252 e. The van der Waals surface area contributed by atoms with Crippen LogP contribution in [0.5, 0.6) is 0 Å². The first kappa shape index (κ1) is 20.1. The third-order valence-corrected chi connectivity index (χ3v) is 6.97. The average Bonchev–Trinajstić information content (AvgIpc) is 3.21. The molecule has 0 saturated carbocycles. The third-order valence-electron chi connectivity index (χ3n) is 4.44. The molecule has 0 saturated heterocycles. The van der Waals surface area contributed by atoms with Crippen molar-refractivity contribution in [3.05, 3.63) is 83.0 Å². The van der Waals surface area contributed by atoms with Gasteiger partial charge in [0.15, 0.2) is 0 Å². The van der Waals surface area contributed by atoms with E-state index in [0.717, 1.165) is 11.3 Å². The molecule has 0 fully saturated rings. The maximum absolute atomic E-state index is 13.3. The molecule has 0 aliphatic heterocycles. The minimum Gasteiger partial charge on any atom is -0.347 e. The van der Waals surface area contributed by atoms with Gasteiger partial charge in [-0.15, -0.1) is 11.3 Å². The molecule has 2 aromatic carbocycles. The number of fused-ring (bicyclic) bond motifs is 1. The summed E-state index contributed by atoms with van der Waals surface area (Å²) in [5.41, 5.74) is 2.29. The van der Waals surface area contributed by atoms with E-state index in [1.165, 1.54) is 18.2 Å². The van der Waals surface area contributed by atoms with Crippen LogP contribution in [0.1, 0.15) is 15.2 Å². The molecule has 0 atom stereocenters. The standard InChI is InChI=1S/C21H16FN3O3S2/c22-14-7-5-13(6-8-14)19-11-17(16-3-1-2-4-18(16)25-19)21(26)24-12-15-9-10-20(29-15)30(23,27)28/h1-11H,12H2,(H,24,26)(H2,23,27,28). The quantitative estimate of drug-likeness (QED) is 0.493. The van der Waals surface area contributed by atoms with Crippen LogP contribution < -0.4 is 10.5 Å². The van der Waals surface area contributed by atoms with E-state index in [2.05, 4.69) is 10.3 Å². The van der Waals surface area contributed by atoms with E-state index >= 15 is 0 Å². The molecule has 0 radical (unpaired) electrons. The molecule has 4 rings (SSSR count). The summed E-state index contributed by atoms with van der Waals surface area (Å²) in [6.07, 6.45) is 0. The number of rotatable bonds is 5. The number of aromatic nitrogens is 1. The Hall–Kier alpha value is -3.14. The van der Waals surface area contributed by atoms with E-state index < -0.39 is 10.0 Å². The molecule has 6 nitrogen and oxygen atoms in total. The summed E-state index contributed by atoms with van der Waals surface area (Å²) in [6, 6.07) is 17.8. The van der Waals surface area contributed by atoms with E-state index in [4.69, 9.17) is 5.14 Å². The number of amides is 1. The van der Waals surface area contributed by atoms with Gasteiger partial charge in [0.1, 0.15) is 10.0 Å². The lowest BCUT2D eigenvalue weighted by Crippen LogP contribution is -2.22. The zero-order valence-electron chi connectivity index (χ0n) is 15.5. The van der Waals surface area contributed by atoms with Crippen molar-refractivity contribution in [1.29, 1.82) is 0 Å². The molecule has 152 valence electrons. The minimum atomic E-state index is -3.77. The highest BCUT2D eigenvalue weighted by Gasteiger charge is 2.15. The Labute approximate surface area is 176 Å². The number of halogens is 1. The molecule has 30 heavy (non-hydrogen) atoms. The van der Waals surface area contributed by atoms with Crippen molar-refractivity contribution >= 4 is 38.2 Å². The molecule has 2 aromatic heterocycles. The van der Waals surface area contributed by atoms with Gasteiger partial charge in [-0.3, -0.25) is 4.79 Å². The van der Waals surface area contributed by atoms with Gasteiger partial charge in [-0.25, -0.2) is 22.9 Å². The highest BCUT2D eigenvalue weighted by Crippen LogP contribution is 2.26. The first-order chi connectivity index (χ1) is 14.3. The van der Waals surface area contributed by atoms with Crippen molar-refractivity contribution in [2.45, 2.75) is 10.8 Å². The zero-order valence-corrected chi connectivity index (χ0v) is 17.1. The number of para-hydroxylation sites is 1. The summed E-state index contributed by atoms with van der Waals surface area (Å²) in [6.45, 7) is 0.154. The van der Waals surface area contributed by atoms with Crippen LogP contribution in [0.3, 0.4) is 0 Å². The van der Waals surface area contributed by atoms with Crippen LogP contribution in [0.15, 0.2) is 70.9 Å². The van der Waals surface area contributed by atoms with Gasteiger partial charge < -0.3 is 5.32 Å². The molecule has 0 spiro atoms. The van der Waals surface area contributed by atoms with Gasteiger partial charge in [0, 0.05) is 15.8 Å². The first-order valence-corrected chi connectivity index (χ1v) is 11.2. The van der Waals surface area contributed by atoms with Gasteiger partial charge in [0.25, 0.3) is 5.91 Å². The van der Waals surface area contributed by atoms with Crippen LogP contribution in [0.2, 0.25) is 0 Å². The van der Waals surface area contributed by atoms with Crippen molar-refractivity contribution in [3.63, 3.8) is 0 Å². The van der Waals surface area contributed by atoms with Crippen molar-refractivity contribution in [1.82, 2.24) is 10.3 Å². The van der Waals surface area contributed by atoms with Crippen LogP contribution in [0.4, 0.5) is 4.39 Å². The normalized spacial score (nSPS) is 11.5. The Bertz CT molecular complexity index is 1350. The van der Waals surface area contributed by atoms with E-state index in [0.29, 0.717) is 32.6 Å². The van der Waals surface area contributed by atoms with Gasteiger partial charge >= 0.3 is 0 Å². The zero-order chi connectivity index (χ0) is 21.3. The molecular weight excluding hydrogens is 425 g/mol. The number of primary sulfonamides is 1. The number of hydrogen-bond acceptors (Lipinski definition) is 5. The lowest BCUT2D eigenvalue weighted by atomic mass is 10.0. The van der Waals surface area contributed by atoms with Crippen LogP contribution in [-0.2, 0) is 16.6 Å². The Morgan fingerprint density at radius 2 is 1.80 bits per heavy atom. The molecule has 2 heterocycles. The van der Waals surface area contributed by atoms with E-state index in [-0.39, 0.29) is 22.5 Å². The number of carbonyl (C=O) groups is 1. The Morgan fingerprint density at radius 3 is 2.50 bits per heavy atom. The van der Waals surface area contributed by atoms with Crippen molar-refractivity contribution < 1.29 is 17.6 Å². The fourth-order valence-corrected chi connectivity index (χ4v) is 4.72. The van der Waals surface area contributed by atoms with Gasteiger partial charge in [-0.2, -0.15) is 0 Å². The fraction of sp³-hybridized carbons (Fsp3) is 0.0476. The van der Waals surface area contributed by atoms with Crippen molar-refractivity contribution in [3.8, 4) is 11.3 Å². The molecule has 0 bridgehead atoms. The molecular formula is C21H16FN3O3S2. The van der Waals surface area contributed by atoms with E-state index in [9.17, 15) is 17.6 Å². The predicted molar refractivity (Wildman–Crippen MR) is 114 cm³/mol. The molecule has 0 aliphatic rings. The molecule has 0 aliphatic carbocycles. The second kappa shape index (κ2) is 7.94. The average molecular weight is 442 g/mol. The second-order valence-electron chi connectivity index (χ2n) is 6.53. The summed E-state index contributed by atoms with van der Waals surface area (Å²) in [7, 11) is -3.77. The second-order valence-corrected chi connectivity index (χ2v) is 9.48. The number of pyridine rings is 1. The number of carbonyl (C=O) groups excluding carboxylic acids is 1. The monoisotopic (exact) mass is 441 g/mol. The maximum atomic E-state index is 13.3. The van der Waals surface area contributed by atoms with Crippen molar-refractivity contribution in [2.24, 2.45) is 5.14 Å². The Balaban J connectivity index is 1.66. The number of nitrogens with zero attached hydrogens (tertiary/aromatic N) is 1. The number of sulfonamides is 1. The number of thiophene rings is 1. The summed E-state index contributed by atoms with van der Waals surface area (Å²) >= 11 is 1.01. The topological polar surface area (TPSA) is 102 Å². The minimum absolute atomic E-state index is 0.0414. The Morgan fingerprint density at radius 1 is 1.07 bits per heavy atom. The predicted octanol–water partition coefficient (Wildman–Crippen LogP) is 3.68. The lowest BCUT2D eigenvalue weighted by Gasteiger charge is -2.10. The van der Waals surface area contributed by atoms with Crippen molar-refractivity contribution in [2.75, 3.05) is 0 Å². The van der Waals surface area contributed by atoms with Gasteiger partial charge in [-0.05, 0) is 48.5 Å². The van der Waals surface area contributed by atoms with Crippen LogP contribution in [-0.4, -0.2) is 19.3 Å². The third kappa shape index (κ3) is 4.23. The van der Waals surface area contributed by atoms with Crippen LogP contribution in [0.25, 0.3) is 22.2 Å². The first-order valence-electron chi connectivity index (χ1n) is 8.87. The number of benzene rings is 2. The molecule has 4 aromatic rings. The highest BCUT2D eigenvalue weighted by molar-refractivity contribution is 7.91. The van der Waals surface area contributed by atoms with E-state index in [1.807, 2.05) is 12.1 Å². The van der Waals surface area contributed by atoms with Gasteiger partial charge in [0.2, 0.25) is 10.0 Å². The fourth-order valence-electron chi connectivity index (χ4n) is 3.00. The molecule has 0 unspecified atom stereocenters. The number of nitrogens with one attached hydrogen (secondary N) is 1. The number of nitrogens with two attached hydrogens (primary N) is 1. The van der Waals surface area contributed by atoms with Gasteiger partial charge in [0.05, 0.1) is 23.3 Å².